The number of ether oxygens (including phenoxy) is 1. The first kappa shape index (κ1) is 11.5. The lowest BCUT2D eigenvalue weighted by Gasteiger charge is -2.07. The molecule has 0 bridgehead atoms. The second-order valence-corrected chi connectivity index (χ2v) is 2.88. The van der Waals surface area contributed by atoms with E-state index in [-0.39, 0.29) is 12.3 Å². The zero-order valence-corrected chi connectivity index (χ0v) is 8.26. The van der Waals surface area contributed by atoms with Gasteiger partial charge < -0.3 is 10.5 Å². The van der Waals surface area contributed by atoms with E-state index in [9.17, 15) is 8.78 Å². The molecule has 1 aromatic rings. The van der Waals surface area contributed by atoms with E-state index < -0.39 is 6.61 Å². The van der Waals surface area contributed by atoms with Gasteiger partial charge in [-0.1, -0.05) is 17.9 Å². The van der Waals surface area contributed by atoms with E-state index in [4.69, 9.17) is 5.73 Å². The van der Waals surface area contributed by atoms with Gasteiger partial charge in [-0.15, -0.1) is 0 Å². The quantitative estimate of drug-likeness (QED) is 0.758. The fourth-order valence-electron chi connectivity index (χ4n) is 1.09. The number of hydrogen-bond donors (Lipinski definition) is 1. The molecule has 2 N–H and O–H groups in total. The molecule has 0 heterocycles. The molecule has 0 radical (unpaired) electrons. The Balaban J connectivity index is 3.03. The lowest BCUT2D eigenvalue weighted by molar-refractivity contribution is -0.0500. The molecule has 1 rings (SSSR count). The standard InChI is InChI=1S/C11H11F2NO/c1-8-4-5-10(15-11(12)13)9(7-8)3-2-6-14/h4-5,7,11H,6,14H2,1H3. The van der Waals surface area contributed by atoms with Crippen molar-refractivity contribution in [3.8, 4) is 17.6 Å². The number of rotatable bonds is 2. The van der Waals surface area contributed by atoms with Crippen LogP contribution in [0.4, 0.5) is 8.78 Å². The summed E-state index contributed by atoms with van der Waals surface area (Å²) in [4.78, 5) is 0. The molecular formula is C11H11F2NO. The topological polar surface area (TPSA) is 35.2 Å². The van der Waals surface area contributed by atoms with E-state index in [1.165, 1.54) is 6.07 Å². The van der Waals surface area contributed by atoms with Gasteiger partial charge in [0.1, 0.15) is 5.75 Å². The van der Waals surface area contributed by atoms with Crippen molar-refractivity contribution in [2.24, 2.45) is 5.73 Å². The summed E-state index contributed by atoms with van der Waals surface area (Å²) in [7, 11) is 0. The molecule has 2 nitrogen and oxygen atoms in total. The van der Waals surface area contributed by atoms with Crippen LogP contribution in [0.15, 0.2) is 18.2 Å². The van der Waals surface area contributed by atoms with Gasteiger partial charge in [0, 0.05) is 0 Å². The summed E-state index contributed by atoms with van der Waals surface area (Å²) in [6, 6.07) is 4.84. The van der Waals surface area contributed by atoms with Crippen molar-refractivity contribution in [3.05, 3.63) is 29.3 Å². The molecule has 0 amide bonds. The molecule has 0 atom stereocenters. The summed E-state index contributed by atoms with van der Waals surface area (Å²) in [5.74, 6) is 5.36. The van der Waals surface area contributed by atoms with Crippen molar-refractivity contribution in [2.75, 3.05) is 6.54 Å². The van der Waals surface area contributed by atoms with E-state index in [1.807, 2.05) is 6.92 Å². The summed E-state index contributed by atoms with van der Waals surface area (Å²) in [5, 5.41) is 0. The van der Waals surface area contributed by atoms with Gasteiger partial charge in [-0.05, 0) is 24.6 Å². The van der Waals surface area contributed by atoms with Crippen LogP contribution in [0, 0.1) is 18.8 Å². The maximum Gasteiger partial charge on any atom is 0.387 e. The van der Waals surface area contributed by atoms with Crippen molar-refractivity contribution < 1.29 is 13.5 Å². The first-order valence-electron chi connectivity index (χ1n) is 4.38. The molecule has 0 unspecified atom stereocenters. The zero-order valence-electron chi connectivity index (χ0n) is 8.26. The summed E-state index contributed by atoms with van der Waals surface area (Å²) in [6.45, 7) is -0.812. The van der Waals surface area contributed by atoms with Crippen molar-refractivity contribution in [1.82, 2.24) is 0 Å². The Bertz CT molecular complexity index is 393. The first-order chi connectivity index (χ1) is 7.13. The highest BCUT2D eigenvalue weighted by atomic mass is 19.3. The predicted octanol–water partition coefficient (Wildman–Crippen LogP) is 1.91. The Morgan fingerprint density at radius 3 is 2.80 bits per heavy atom. The molecule has 0 saturated carbocycles. The molecule has 15 heavy (non-hydrogen) atoms. The highest BCUT2D eigenvalue weighted by molar-refractivity contribution is 5.48. The van der Waals surface area contributed by atoms with Crippen LogP contribution < -0.4 is 10.5 Å². The van der Waals surface area contributed by atoms with E-state index in [2.05, 4.69) is 16.6 Å². The van der Waals surface area contributed by atoms with Gasteiger partial charge in [-0.25, -0.2) is 0 Å². The van der Waals surface area contributed by atoms with Crippen LogP contribution in [0.5, 0.6) is 5.75 Å². The third-order valence-electron chi connectivity index (χ3n) is 1.68. The summed E-state index contributed by atoms with van der Waals surface area (Å²) < 4.78 is 28.4. The van der Waals surface area contributed by atoms with Crippen LogP contribution in [0.25, 0.3) is 0 Å². The summed E-state index contributed by atoms with van der Waals surface area (Å²) in [6.07, 6.45) is 0. The number of alkyl halides is 2. The molecule has 0 aliphatic carbocycles. The average molecular weight is 211 g/mol. The van der Waals surface area contributed by atoms with Crippen molar-refractivity contribution in [3.63, 3.8) is 0 Å². The van der Waals surface area contributed by atoms with Crippen LogP contribution in [0.2, 0.25) is 0 Å². The third-order valence-corrected chi connectivity index (χ3v) is 1.68. The molecule has 0 saturated heterocycles. The molecule has 0 aliphatic heterocycles. The summed E-state index contributed by atoms with van der Waals surface area (Å²) in [5.41, 5.74) is 6.56. The normalized spacial score (nSPS) is 9.67. The first-order valence-corrected chi connectivity index (χ1v) is 4.38. The van der Waals surface area contributed by atoms with Crippen LogP contribution >= 0.6 is 0 Å². The molecule has 1 aromatic carbocycles. The lowest BCUT2D eigenvalue weighted by atomic mass is 10.1. The van der Waals surface area contributed by atoms with Gasteiger partial charge in [0.15, 0.2) is 0 Å². The molecule has 4 heteroatoms. The molecule has 0 spiro atoms. The molecule has 80 valence electrons. The fraction of sp³-hybridized carbons (Fsp3) is 0.273. The van der Waals surface area contributed by atoms with Gasteiger partial charge in [-0.3, -0.25) is 0 Å². The number of aryl methyl sites for hydroxylation is 1. The van der Waals surface area contributed by atoms with Gasteiger partial charge in [0.2, 0.25) is 0 Å². The van der Waals surface area contributed by atoms with Gasteiger partial charge in [0.05, 0.1) is 12.1 Å². The van der Waals surface area contributed by atoms with Gasteiger partial charge in [0.25, 0.3) is 0 Å². The van der Waals surface area contributed by atoms with Crippen molar-refractivity contribution >= 4 is 0 Å². The molecular weight excluding hydrogens is 200 g/mol. The van der Waals surface area contributed by atoms with Crippen molar-refractivity contribution in [2.45, 2.75) is 13.5 Å². The highest BCUT2D eigenvalue weighted by Crippen LogP contribution is 2.20. The largest absolute Gasteiger partial charge is 0.434 e. The van der Waals surface area contributed by atoms with Crippen molar-refractivity contribution in [1.29, 1.82) is 0 Å². The van der Waals surface area contributed by atoms with Crippen LogP contribution in [0.1, 0.15) is 11.1 Å². The Labute approximate surface area is 87.0 Å². The number of benzene rings is 1. The van der Waals surface area contributed by atoms with E-state index >= 15 is 0 Å². The molecule has 0 aliphatic rings. The minimum atomic E-state index is -2.84. The third kappa shape index (κ3) is 3.56. The van der Waals surface area contributed by atoms with E-state index in [1.54, 1.807) is 12.1 Å². The molecule has 0 aromatic heterocycles. The second kappa shape index (κ2) is 5.32. The highest BCUT2D eigenvalue weighted by Gasteiger charge is 2.07. The maximum absolute atomic E-state index is 12.0. The van der Waals surface area contributed by atoms with Crippen LogP contribution in [0.3, 0.4) is 0 Å². The summed E-state index contributed by atoms with van der Waals surface area (Å²) >= 11 is 0. The Morgan fingerprint density at radius 1 is 1.47 bits per heavy atom. The Hall–Kier alpha value is -1.60. The lowest BCUT2D eigenvalue weighted by Crippen LogP contribution is -2.03. The van der Waals surface area contributed by atoms with Gasteiger partial charge in [-0.2, -0.15) is 8.78 Å². The van der Waals surface area contributed by atoms with Crippen LogP contribution in [-0.4, -0.2) is 13.2 Å². The molecule has 0 fully saturated rings. The Kier molecular flexibility index (Phi) is 4.07. The van der Waals surface area contributed by atoms with E-state index in [0.717, 1.165) is 5.56 Å². The number of halogens is 2. The number of nitrogens with two attached hydrogens (primary N) is 1. The maximum atomic E-state index is 12.0. The fourth-order valence-corrected chi connectivity index (χ4v) is 1.09. The predicted molar refractivity (Wildman–Crippen MR) is 53.7 cm³/mol. The average Bonchev–Trinajstić information content (AvgIpc) is 2.18. The zero-order chi connectivity index (χ0) is 11.3. The second-order valence-electron chi connectivity index (χ2n) is 2.88. The minimum Gasteiger partial charge on any atom is -0.434 e. The van der Waals surface area contributed by atoms with E-state index in [0.29, 0.717) is 5.56 Å². The SMILES string of the molecule is Cc1ccc(OC(F)F)c(C#CCN)c1. The van der Waals surface area contributed by atoms with Gasteiger partial charge >= 0.3 is 6.61 Å². The monoisotopic (exact) mass is 211 g/mol. The minimum absolute atomic E-state index is 0.0801. The smallest absolute Gasteiger partial charge is 0.387 e. The Morgan fingerprint density at radius 2 is 2.20 bits per heavy atom. The van der Waals surface area contributed by atoms with Crippen LogP contribution in [-0.2, 0) is 0 Å². The number of hydrogen-bond acceptors (Lipinski definition) is 2.